The minimum atomic E-state index is 0.0701. The van der Waals surface area contributed by atoms with Crippen LogP contribution in [0.15, 0.2) is 48.5 Å². The molecule has 2 N–H and O–H groups in total. The van der Waals surface area contributed by atoms with E-state index < -0.39 is 0 Å². The first kappa shape index (κ1) is 17.2. The van der Waals surface area contributed by atoms with Crippen LogP contribution in [0.2, 0.25) is 0 Å². The second-order valence-corrected chi connectivity index (χ2v) is 6.56. The number of fused-ring (bicyclic) bond motifs is 2. The highest BCUT2D eigenvalue weighted by atomic mass is 16.1. The number of pyridine rings is 1. The molecule has 0 amide bonds. The fourth-order valence-electron chi connectivity index (χ4n) is 3.38. The van der Waals surface area contributed by atoms with Crippen molar-refractivity contribution in [1.29, 1.82) is 0 Å². The molecule has 0 unspecified atom stereocenters. The van der Waals surface area contributed by atoms with Gasteiger partial charge in [-0.15, -0.1) is 0 Å². The number of Topliss-reactive ketones (excluding diaryl/α,β-unsaturated/α-hetero) is 1. The fraction of sp³-hybridized carbons (Fsp3) is 0.273. The topological polar surface area (TPSA) is 56.0 Å². The highest BCUT2D eigenvalue weighted by molar-refractivity contribution is 5.98. The van der Waals surface area contributed by atoms with Crippen LogP contribution in [0.3, 0.4) is 0 Å². The van der Waals surface area contributed by atoms with Gasteiger partial charge < -0.3 is 5.73 Å². The Kier molecular flexibility index (Phi) is 5.13. The first-order valence-corrected chi connectivity index (χ1v) is 8.80. The van der Waals surface area contributed by atoms with Crippen LogP contribution < -0.4 is 5.73 Å². The molecule has 3 aromatic rings. The SMILES string of the molecule is CC(=O)c1cc2ccccc2nc1C.Nc1cccc2c1CCCC2. The summed E-state index contributed by atoms with van der Waals surface area (Å²) in [5.74, 6) is 0.0701. The molecule has 1 aliphatic rings. The average Bonchev–Trinajstić information content (AvgIpc) is 2.62. The number of anilines is 1. The summed E-state index contributed by atoms with van der Waals surface area (Å²) in [6, 6.07) is 16.0. The highest BCUT2D eigenvalue weighted by Crippen LogP contribution is 2.25. The Morgan fingerprint density at radius 3 is 2.56 bits per heavy atom. The van der Waals surface area contributed by atoms with Crippen LogP contribution in [0.1, 0.15) is 46.9 Å². The number of aryl methyl sites for hydroxylation is 2. The van der Waals surface area contributed by atoms with Gasteiger partial charge in [-0.3, -0.25) is 9.78 Å². The van der Waals surface area contributed by atoms with Gasteiger partial charge in [-0.25, -0.2) is 0 Å². The number of benzene rings is 2. The minimum absolute atomic E-state index is 0.0701. The normalized spacial score (nSPS) is 12.9. The van der Waals surface area contributed by atoms with E-state index in [0.29, 0.717) is 5.56 Å². The van der Waals surface area contributed by atoms with Crippen molar-refractivity contribution in [3.05, 3.63) is 70.9 Å². The van der Waals surface area contributed by atoms with Crippen molar-refractivity contribution in [2.45, 2.75) is 39.5 Å². The van der Waals surface area contributed by atoms with Crippen molar-refractivity contribution in [3.63, 3.8) is 0 Å². The van der Waals surface area contributed by atoms with Gasteiger partial charge in [0.25, 0.3) is 0 Å². The smallest absolute Gasteiger partial charge is 0.161 e. The molecule has 1 aromatic heterocycles. The molecule has 128 valence electrons. The summed E-state index contributed by atoms with van der Waals surface area (Å²) in [4.78, 5) is 15.6. The lowest BCUT2D eigenvalue weighted by atomic mass is 9.91. The lowest BCUT2D eigenvalue weighted by Crippen LogP contribution is -2.05. The molecule has 0 radical (unpaired) electrons. The Morgan fingerprint density at radius 1 is 1.04 bits per heavy atom. The summed E-state index contributed by atoms with van der Waals surface area (Å²) in [6.45, 7) is 3.43. The third-order valence-electron chi connectivity index (χ3n) is 4.73. The number of para-hydroxylation sites is 1. The molecule has 0 spiro atoms. The molecule has 1 heterocycles. The van der Waals surface area contributed by atoms with Gasteiger partial charge in [0.1, 0.15) is 0 Å². The Bertz CT molecular complexity index is 915. The lowest BCUT2D eigenvalue weighted by molar-refractivity contribution is 0.101. The van der Waals surface area contributed by atoms with Gasteiger partial charge in [-0.05, 0) is 68.9 Å². The van der Waals surface area contributed by atoms with Gasteiger partial charge in [0.2, 0.25) is 0 Å². The monoisotopic (exact) mass is 332 g/mol. The van der Waals surface area contributed by atoms with Crippen LogP contribution in [0.25, 0.3) is 10.9 Å². The Morgan fingerprint density at radius 2 is 1.80 bits per heavy atom. The van der Waals surface area contributed by atoms with Crippen LogP contribution in [0.4, 0.5) is 5.69 Å². The van der Waals surface area contributed by atoms with Crippen molar-refractivity contribution >= 4 is 22.4 Å². The lowest BCUT2D eigenvalue weighted by Gasteiger charge is -2.16. The van der Waals surface area contributed by atoms with Gasteiger partial charge in [0.05, 0.1) is 5.52 Å². The summed E-state index contributed by atoms with van der Waals surface area (Å²) >= 11 is 0. The fourth-order valence-corrected chi connectivity index (χ4v) is 3.38. The molecule has 4 rings (SSSR count). The van der Waals surface area contributed by atoms with Gasteiger partial charge >= 0.3 is 0 Å². The molecule has 0 atom stereocenters. The van der Waals surface area contributed by atoms with E-state index in [0.717, 1.165) is 22.3 Å². The number of aromatic nitrogens is 1. The summed E-state index contributed by atoms with van der Waals surface area (Å²) < 4.78 is 0. The number of carbonyl (C=O) groups excluding carboxylic acids is 1. The predicted molar refractivity (Wildman–Crippen MR) is 104 cm³/mol. The number of nitrogens with zero attached hydrogens (tertiary/aromatic N) is 1. The molecule has 0 fully saturated rings. The van der Waals surface area contributed by atoms with Crippen molar-refractivity contribution in [2.75, 3.05) is 5.73 Å². The maximum absolute atomic E-state index is 11.3. The molecule has 0 bridgehead atoms. The standard InChI is InChI=1S/C12H11NO.C10H13N/c1-8-11(9(2)14)7-10-5-3-4-6-12(10)13-8;11-10-7-3-5-8-4-1-2-6-9(8)10/h3-7H,1-2H3;3,5,7H,1-2,4,6,11H2. The molecule has 0 aliphatic heterocycles. The number of rotatable bonds is 1. The van der Waals surface area contributed by atoms with Crippen molar-refractivity contribution in [1.82, 2.24) is 4.98 Å². The van der Waals surface area contributed by atoms with Crippen LogP contribution in [-0.4, -0.2) is 10.8 Å². The maximum atomic E-state index is 11.3. The summed E-state index contributed by atoms with van der Waals surface area (Å²) in [6.07, 6.45) is 5.04. The molecule has 0 saturated carbocycles. The summed E-state index contributed by atoms with van der Waals surface area (Å²) in [7, 11) is 0. The number of hydrogen-bond acceptors (Lipinski definition) is 3. The van der Waals surface area contributed by atoms with Gasteiger partial charge in [-0.1, -0.05) is 30.3 Å². The maximum Gasteiger partial charge on any atom is 0.161 e. The van der Waals surface area contributed by atoms with Crippen molar-refractivity contribution < 1.29 is 4.79 Å². The van der Waals surface area contributed by atoms with E-state index in [-0.39, 0.29) is 5.78 Å². The zero-order valence-corrected chi connectivity index (χ0v) is 14.9. The van der Waals surface area contributed by atoms with E-state index in [1.165, 1.54) is 36.8 Å². The number of nitrogen functional groups attached to an aromatic ring is 1. The quantitative estimate of drug-likeness (QED) is 0.510. The first-order valence-electron chi connectivity index (χ1n) is 8.80. The summed E-state index contributed by atoms with van der Waals surface area (Å²) in [5.41, 5.74) is 12.2. The molecule has 25 heavy (non-hydrogen) atoms. The zero-order valence-electron chi connectivity index (χ0n) is 14.9. The number of hydrogen-bond donors (Lipinski definition) is 1. The minimum Gasteiger partial charge on any atom is -0.398 e. The van der Waals surface area contributed by atoms with E-state index in [4.69, 9.17) is 5.73 Å². The van der Waals surface area contributed by atoms with Crippen LogP contribution >= 0.6 is 0 Å². The number of nitrogens with two attached hydrogens (primary N) is 1. The Hall–Kier alpha value is -2.68. The molecular weight excluding hydrogens is 308 g/mol. The van der Waals surface area contributed by atoms with E-state index in [2.05, 4.69) is 17.1 Å². The van der Waals surface area contributed by atoms with Crippen LogP contribution in [0, 0.1) is 6.92 Å². The van der Waals surface area contributed by atoms with E-state index in [9.17, 15) is 4.79 Å². The van der Waals surface area contributed by atoms with E-state index in [1.807, 2.05) is 43.3 Å². The third kappa shape index (κ3) is 3.87. The Balaban J connectivity index is 0.000000150. The highest BCUT2D eigenvalue weighted by Gasteiger charge is 2.10. The Labute approximate surface area is 148 Å². The summed E-state index contributed by atoms with van der Waals surface area (Å²) in [5, 5.41) is 1.02. The van der Waals surface area contributed by atoms with E-state index in [1.54, 1.807) is 6.92 Å². The molecular formula is C22H24N2O. The van der Waals surface area contributed by atoms with Crippen LogP contribution in [0.5, 0.6) is 0 Å². The van der Waals surface area contributed by atoms with Gasteiger partial charge in [-0.2, -0.15) is 0 Å². The van der Waals surface area contributed by atoms with Gasteiger partial charge in [0.15, 0.2) is 5.78 Å². The molecule has 3 heteroatoms. The largest absolute Gasteiger partial charge is 0.398 e. The second-order valence-electron chi connectivity index (χ2n) is 6.56. The third-order valence-corrected chi connectivity index (χ3v) is 4.73. The zero-order chi connectivity index (χ0) is 17.8. The first-order chi connectivity index (χ1) is 12.1. The number of carbonyl (C=O) groups is 1. The second kappa shape index (κ2) is 7.47. The van der Waals surface area contributed by atoms with Crippen LogP contribution in [-0.2, 0) is 12.8 Å². The molecule has 3 nitrogen and oxygen atoms in total. The van der Waals surface area contributed by atoms with Crippen molar-refractivity contribution in [2.24, 2.45) is 0 Å². The number of ketones is 1. The average molecular weight is 332 g/mol. The van der Waals surface area contributed by atoms with E-state index >= 15 is 0 Å². The molecule has 1 aliphatic carbocycles. The van der Waals surface area contributed by atoms with Crippen molar-refractivity contribution in [3.8, 4) is 0 Å². The predicted octanol–water partition coefficient (Wildman–Crippen LogP) is 4.89. The van der Waals surface area contributed by atoms with Gasteiger partial charge in [0, 0.05) is 22.3 Å². The molecule has 2 aromatic carbocycles. The molecule has 0 saturated heterocycles.